The number of benzene rings is 1. The number of anilines is 1. The number of aryl methyl sites for hydroxylation is 1. The quantitative estimate of drug-likeness (QED) is 0.268. The highest BCUT2D eigenvalue weighted by atomic mass is 35.5. The number of nitriles is 1. The largest absolute Gasteiger partial charge is 0.460 e. The van der Waals surface area contributed by atoms with E-state index in [2.05, 4.69) is 26.3 Å². The summed E-state index contributed by atoms with van der Waals surface area (Å²) in [5, 5.41) is 13.9. The number of nitrogens with zero attached hydrogens (tertiary/aromatic N) is 5. The van der Waals surface area contributed by atoms with Crippen LogP contribution < -0.4 is 10.9 Å². The number of aromatic amines is 1. The highest BCUT2D eigenvalue weighted by Gasteiger charge is 2.20. The topological polar surface area (TPSA) is 133 Å². The van der Waals surface area contributed by atoms with Gasteiger partial charge in [-0.05, 0) is 56.3 Å². The Hall–Kier alpha value is -5.07. The lowest BCUT2D eigenvalue weighted by Gasteiger charge is -2.17. The van der Waals surface area contributed by atoms with Crippen LogP contribution in [0.15, 0.2) is 76.1 Å². The molecule has 6 rings (SSSR count). The molecule has 9 nitrogen and oxygen atoms in total. The van der Waals surface area contributed by atoms with E-state index in [4.69, 9.17) is 26.0 Å². The van der Waals surface area contributed by atoms with Gasteiger partial charge in [0, 0.05) is 23.2 Å². The Kier molecular flexibility index (Phi) is 6.02. The summed E-state index contributed by atoms with van der Waals surface area (Å²) < 4.78 is 5.91. The van der Waals surface area contributed by atoms with Crippen molar-refractivity contribution in [2.24, 2.45) is 0 Å². The second-order valence-corrected chi connectivity index (χ2v) is 9.44. The zero-order valence-corrected chi connectivity index (χ0v) is 21.6. The Bertz CT molecular complexity index is 1990. The minimum atomic E-state index is -0.348. The number of aromatic nitrogens is 5. The maximum absolute atomic E-state index is 12.7. The van der Waals surface area contributed by atoms with E-state index < -0.39 is 0 Å². The van der Waals surface area contributed by atoms with Crippen LogP contribution in [0, 0.1) is 18.3 Å². The zero-order valence-electron chi connectivity index (χ0n) is 20.9. The van der Waals surface area contributed by atoms with E-state index >= 15 is 0 Å². The standard InChI is InChI=1S/C29H20ClN7O2/c1-15-8-9-23(39-15)28-26(18-11-17-5-4-10-32-25(17)20(30)12-18)36-27-22(13-24(38)35-29(27)37-28)33-16(2)21-7-3-6-19(14-31)34-21/h3-13,16H,1-2H3,(H2,33,35,37,38). The number of hydrogen-bond donors (Lipinski definition) is 2. The molecule has 190 valence electrons. The summed E-state index contributed by atoms with van der Waals surface area (Å²) in [6.07, 6.45) is 1.69. The lowest BCUT2D eigenvalue weighted by atomic mass is 10.0. The molecule has 0 spiro atoms. The van der Waals surface area contributed by atoms with Crippen molar-refractivity contribution in [3.63, 3.8) is 0 Å². The smallest absolute Gasteiger partial charge is 0.251 e. The summed E-state index contributed by atoms with van der Waals surface area (Å²) >= 11 is 6.62. The molecule has 1 aromatic carbocycles. The predicted octanol–water partition coefficient (Wildman–Crippen LogP) is 6.19. The number of pyridine rings is 3. The molecule has 0 saturated carbocycles. The summed E-state index contributed by atoms with van der Waals surface area (Å²) in [5.41, 5.74) is 4.18. The molecule has 1 unspecified atom stereocenters. The Balaban J connectivity index is 1.57. The first-order valence-electron chi connectivity index (χ1n) is 12.1. The van der Waals surface area contributed by atoms with Crippen LogP contribution in [-0.4, -0.2) is 24.9 Å². The van der Waals surface area contributed by atoms with Gasteiger partial charge in [0.1, 0.15) is 34.4 Å². The fraction of sp³-hybridized carbons (Fsp3) is 0.103. The first-order chi connectivity index (χ1) is 18.9. The zero-order chi connectivity index (χ0) is 27.1. The average molecular weight is 534 g/mol. The Morgan fingerprint density at radius 1 is 1.03 bits per heavy atom. The van der Waals surface area contributed by atoms with Gasteiger partial charge in [0.2, 0.25) is 0 Å². The summed E-state index contributed by atoms with van der Waals surface area (Å²) in [4.78, 5) is 34.0. The Morgan fingerprint density at radius 3 is 2.69 bits per heavy atom. The van der Waals surface area contributed by atoms with Gasteiger partial charge in [0.25, 0.3) is 5.56 Å². The van der Waals surface area contributed by atoms with Gasteiger partial charge in [-0.25, -0.2) is 15.0 Å². The van der Waals surface area contributed by atoms with Crippen molar-refractivity contribution in [3.8, 4) is 28.8 Å². The third kappa shape index (κ3) is 4.58. The van der Waals surface area contributed by atoms with E-state index in [0.29, 0.717) is 61.6 Å². The molecule has 5 heterocycles. The van der Waals surface area contributed by atoms with E-state index in [-0.39, 0.29) is 17.2 Å². The van der Waals surface area contributed by atoms with Crippen molar-refractivity contribution in [2.45, 2.75) is 19.9 Å². The van der Waals surface area contributed by atoms with Crippen LogP contribution in [0.3, 0.4) is 0 Å². The highest BCUT2D eigenvalue weighted by molar-refractivity contribution is 6.35. The van der Waals surface area contributed by atoms with E-state index in [1.165, 1.54) is 6.07 Å². The van der Waals surface area contributed by atoms with Gasteiger partial charge in [-0.2, -0.15) is 5.26 Å². The molecule has 0 saturated heterocycles. The van der Waals surface area contributed by atoms with E-state index in [1.807, 2.05) is 50.2 Å². The third-order valence-corrected chi connectivity index (χ3v) is 6.56. The van der Waals surface area contributed by atoms with Gasteiger partial charge in [0.05, 0.1) is 28.0 Å². The summed E-state index contributed by atoms with van der Waals surface area (Å²) in [6, 6.07) is 19.5. The molecule has 0 radical (unpaired) electrons. The highest BCUT2D eigenvalue weighted by Crippen LogP contribution is 2.36. The van der Waals surface area contributed by atoms with Crippen LogP contribution >= 0.6 is 11.6 Å². The predicted molar refractivity (Wildman–Crippen MR) is 149 cm³/mol. The number of hydrogen-bond acceptors (Lipinski definition) is 8. The molecule has 0 fully saturated rings. The fourth-order valence-electron chi connectivity index (χ4n) is 4.45. The Labute approximate surface area is 227 Å². The second-order valence-electron chi connectivity index (χ2n) is 9.03. The van der Waals surface area contributed by atoms with Gasteiger partial charge >= 0.3 is 0 Å². The molecular formula is C29H20ClN7O2. The van der Waals surface area contributed by atoms with Crippen LogP contribution in [0.5, 0.6) is 0 Å². The molecule has 5 aromatic heterocycles. The van der Waals surface area contributed by atoms with Crippen LogP contribution in [0.4, 0.5) is 5.69 Å². The summed E-state index contributed by atoms with van der Waals surface area (Å²) in [5.74, 6) is 1.22. The van der Waals surface area contributed by atoms with Crippen molar-refractivity contribution in [2.75, 3.05) is 5.32 Å². The van der Waals surface area contributed by atoms with Crippen molar-refractivity contribution < 1.29 is 4.42 Å². The molecule has 6 aromatic rings. The van der Waals surface area contributed by atoms with Gasteiger partial charge in [-0.15, -0.1) is 0 Å². The molecule has 0 amide bonds. The number of H-pyrrole nitrogens is 1. The lowest BCUT2D eigenvalue weighted by molar-refractivity contribution is 0.546. The normalized spacial score (nSPS) is 11.9. The molecule has 0 bridgehead atoms. The van der Waals surface area contributed by atoms with Gasteiger partial charge in [0.15, 0.2) is 11.4 Å². The van der Waals surface area contributed by atoms with Gasteiger partial charge in [-0.3, -0.25) is 9.78 Å². The van der Waals surface area contributed by atoms with E-state index in [1.54, 1.807) is 24.4 Å². The van der Waals surface area contributed by atoms with Crippen molar-refractivity contribution in [1.82, 2.24) is 24.9 Å². The van der Waals surface area contributed by atoms with Crippen molar-refractivity contribution in [1.29, 1.82) is 5.26 Å². The monoisotopic (exact) mass is 533 g/mol. The van der Waals surface area contributed by atoms with E-state index in [0.717, 1.165) is 5.39 Å². The number of fused-ring (bicyclic) bond motifs is 2. The maximum atomic E-state index is 12.7. The molecular weight excluding hydrogens is 514 g/mol. The molecule has 39 heavy (non-hydrogen) atoms. The number of nitrogens with one attached hydrogen (secondary N) is 2. The maximum Gasteiger partial charge on any atom is 0.251 e. The summed E-state index contributed by atoms with van der Waals surface area (Å²) in [6.45, 7) is 3.73. The molecule has 1 atom stereocenters. The first-order valence-corrected chi connectivity index (χ1v) is 12.5. The number of furan rings is 1. The molecule has 2 N–H and O–H groups in total. The summed E-state index contributed by atoms with van der Waals surface area (Å²) in [7, 11) is 0. The van der Waals surface area contributed by atoms with Crippen molar-refractivity contribution in [3.05, 3.63) is 99.4 Å². The Morgan fingerprint density at radius 2 is 1.90 bits per heavy atom. The van der Waals surface area contributed by atoms with Gasteiger partial charge in [-0.1, -0.05) is 23.7 Å². The van der Waals surface area contributed by atoms with Crippen molar-refractivity contribution >= 4 is 39.4 Å². The number of halogens is 1. The first kappa shape index (κ1) is 24.3. The van der Waals surface area contributed by atoms with Gasteiger partial charge < -0.3 is 14.7 Å². The fourth-order valence-corrected chi connectivity index (χ4v) is 4.73. The molecule has 0 aliphatic heterocycles. The third-order valence-electron chi connectivity index (χ3n) is 6.27. The SMILES string of the molecule is Cc1ccc(-c2nc3[nH]c(=O)cc(NC(C)c4cccc(C#N)n4)c3nc2-c2cc(Cl)c3ncccc3c2)o1. The van der Waals surface area contributed by atoms with Crippen LogP contribution in [0.2, 0.25) is 5.02 Å². The molecule has 0 aliphatic rings. The van der Waals surface area contributed by atoms with Crippen LogP contribution in [-0.2, 0) is 0 Å². The number of rotatable bonds is 5. The van der Waals surface area contributed by atoms with Crippen LogP contribution in [0.25, 0.3) is 44.8 Å². The minimum Gasteiger partial charge on any atom is -0.460 e. The molecule has 10 heteroatoms. The van der Waals surface area contributed by atoms with E-state index in [9.17, 15) is 10.1 Å². The lowest BCUT2D eigenvalue weighted by Crippen LogP contribution is -2.14. The van der Waals surface area contributed by atoms with Crippen LogP contribution in [0.1, 0.15) is 30.1 Å². The molecule has 0 aliphatic carbocycles. The average Bonchev–Trinajstić information content (AvgIpc) is 3.38. The minimum absolute atomic E-state index is 0.289. The second kappa shape index (κ2) is 9.67.